The van der Waals surface area contributed by atoms with E-state index in [0.29, 0.717) is 58.2 Å². The third-order valence-electron chi connectivity index (χ3n) is 5.94. The fourth-order valence-corrected chi connectivity index (χ4v) is 4.12. The molecule has 2 rings (SSSR count). The van der Waals surface area contributed by atoms with Gasteiger partial charge in [0.15, 0.2) is 0 Å². The Morgan fingerprint density at radius 2 is 1.83 bits per heavy atom. The molecule has 0 radical (unpaired) electrons. The Morgan fingerprint density at radius 1 is 1.17 bits per heavy atom. The number of hydrogen-bond donors (Lipinski definition) is 4. The lowest BCUT2D eigenvalue weighted by molar-refractivity contribution is -0.147. The lowest BCUT2D eigenvalue weighted by Gasteiger charge is -2.32. The highest BCUT2D eigenvalue weighted by atomic mass is 16.3. The second-order valence-corrected chi connectivity index (χ2v) is 8.18. The van der Waals surface area contributed by atoms with E-state index in [1.165, 1.54) is 11.8 Å². The maximum absolute atomic E-state index is 13.3. The molecule has 0 unspecified atom stereocenters. The Kier molecular flexibility index (Phi) is 9.19. The van der Waals surface area contributed by atoms with Crippen molar-refractivity contribution in [3.63, 3.8) is 0 Å². The van der Waals surface area contributed by atoms with Crippen molar-refractivity contribution in [1.82, 2.24) is 15.1 Å². The first-order chi connectivity index (χ1) is 14.3. The number of nitrogens with two attached hydrogens (primary N) is 2. The van der Waals surface area contributed by atoms with Crippen molar-refractivity contribution in [2.75, 3.05) is 19.6 Å². The second-order valence-electron chi connectivity index (χ2n) is 8.18. The van der Waals surface area contributed by atoms with E-state index in [-0.39, 0.29) is 11.8 Å². The Hall–Kier alpha value is -2.04. The molecule has 5 atom stereocenters. The smallest absolute Gasteiger partial charge is 0.245 e. The predicted molar refractivity (Wildman–Crippen MR) is 110 cm³/mol. The molecule has 10 heteroatoms. The molecule has 0 aliphatic carbocycles. The molecule has 0 saturated carbocycles. The summed E-state index contributed by atoms with van der Waals surface area (Å²) < 4.78 is 0. The maximum Gasteiger partial charge on any atom is 0.245 e. The highest BCUT2D eigenvalue weighted by molar-refractivity contribution is 5.94. The summed E-state index contributed by atoms with van der Waals surface area (Å²) in [5.74, 6) is -1.15. The topological polar surface area (TPSA) is 159 Å². The van der Waals surface area contributed by atoms with Gasteiger partial charge in [-0.2, -0.15) is 0 Å². The summed E-state index contributed by atoms with van der Waals surface area (Å²) in [6.45, 7) is 2.81. The molecule has 2 saturated heterocycles. The summed E-state index contributed by atoms with van der Waals surface area (Å²) in [6, 6.07) is -3.05. The molecule has 2 fully saturated rings. The van der Waals surface area contributed by atoms with Crippen LogP contribution in [0.25, 0.3) is 0 Å². The van der Waals surface area contributed by atoms with Crippen LogP contribution in [0, 0.1) is 0 Å². The standard InChI is InChI=1S/C20H35N5O5/c1-13(27)17(22)18(28)23-15(7-2-3-9-21)19(29)25-11-5-8-16(25)20(30)24-10-4-6-14(24)12-26/h12-17,27H,2-11,21-22H2,1H3,(H,23,28)/t13-,14+,15+,16+,17+/m1/s1. The van der Waals surface area contributed by atoms with Crippen molar-refractivity contribution < 1.29 is 24.3 Å². The van der Waals surface area contributed by atoms with Crippen LogP contribution in [-0.2, 0) is 19.2 Å². The minimum absolute atomic E-state index is 0.205. The van der Waals surface area contributed by atoms with Crippen LogP contribution < -0.4 is 16.8 Å². The minimum atomic E-state index is -1.15. The number of aldehydes is 1. The van der Waals surface area contributed by atoms with Gasteiger partial charge in [-0.1, -0.05) is 0 Å². The first-order valence-electron chi connectivity index (χ1n) is 10.8. The molecular weight excluding hydrogens is 390 g/mol. The van der Waals surface area contributed by atoms with Gasteiger partial charge in [-0.05, 0) is 58.4 Å². The maximum atomic E-state index is 13.3. The van der Waals surface area contributed by atoms with Gasteiger partial charge in [0.1, 0.15) is 24.4 Å². The average Bonchev–Trinajstić information content (AvgIpc) is 3.40. The Labute approximate surface area is 177 Å². The van der Waals surface area contributed by atoms with Crippen molar-refractivity contribution in [1.29, 1.82) is 0 Å². The van der Waals surface area contributed by atoms with Gasteiger partial charge in [0, 0.05) is 13.1 Å². The summed E-state index contributed by atoms with van der Waals surface area (Å²) in [4.78, 5) is 53.0. The number of aliphatic hydroxyl groups is 1. The molecule has 170 valence electrons. The van der Waals surface area contributed by atoms with Gasteiger partial charge in [-0.3, -0.25) is 14.4 Å². The molecule has 10 nitrogen and oxygen atoms in total. The van der Waals surface area contributed by atoms with Crippen molar-refractivity contribution >= 4 is 24.0 Å². The summed E-state index contributed by atoms with van der Waals surface area (Å²) in [7, 11) is 0. The van der Waals surface area contributed by atoms with Crippen molar-refractivity contribution in [3.8, 4) is 0 Å². The van der Waals surface area contributed by atoms with Crippen LogP contribution in [0.5, 0.6) is 0 Å². The number of aliphatic hydroxyl groups excluding tert-OH is 1. The largest absolute Gasteiger partial charge is 0.391 e. The molecular formula is C20H35N5O5. The van der Waals surface area contributed by atoms with E-state index >= 15 is 0 Å². The van der Waals surface area contributed by atoms with E-state index in [4.69, 9.17) is 11.5 Å². The quantitative estimate of drug-likeness (QED) is 0.244. The number of nitrogens with one attached hydrogen (secondary N) is 1. The zero-order valence-corrected chi connectivity index (χ0v) is 17.7. The minimum Gasteiger partial charge on any atom is -0.391 e. The van der Waals surface area contributed by atoms with E-state index in [1.807, 2.05) is 0 Å². The molecule has 0 bridgehead atoms. The number of unbranched alkanes of at least 4 members (excludes halogenated alkanes) is 1. The Morgan fingerprint density at radius 3 is 2.47 bits per heavy atom. The van der Waals surface area contributed by atoms with E-state index < -0.39 is 36.2 Å². The first-order valence-corrected chi connectivity index (χ1v) is 10.8. The predicted octanol–water partition coefficient (Wildman–Crippen LogP) is -1.51. The summed E-state index contributed by atoms with van der Waals surface area (Å²) in [5.41, 5.74) is 11.3. The number of carbonyl (C=O) groups excluding carboxylic acids is 4. The van der Waals surface area contributed by atoms with Gasteiger partial charge >= 0.3 is 0 Å². The second kappa shape index (κ2) is 11.4. The number of likely N-dealkylation sites (tertiary alicyclic amines) is 2. The molecule has 0 spiro atoms. The number of carbonyl (C=O) groups is 4. The van der Waals surface area contributed by atoms with E-state index in [0.717, 1.165) is 12.7 Å². The van der Waals surface area contributed by atoms with Gasteiger partial charge in [0.05, 0.1) is 12.1 Å². The third-order valence-corrected chi connectivity index (χ3v) is 5.94. The zero-order chi connectivity index (χ0) is 22.3. The number of amides is 3. The van der Waals surface area contributed by atoms with Gasteiger partial charge < -0.3 is 36.5 Å². The van der Waals surface area contributed by atoms with E-state index in [2.05, 4.69) is 5.32 Å². The van der Waals surface area contributed by atoms with Crippen LogP contribution in [0.2, 0.25) is 0 Å². The van der Waals surface area contributed by atoms with Crippen molar-refractivity contribution in [3.05, 3.63) is 0 Å². The summed E-state index contributed by atoms with van der Waals surface area (Å²) in [6.07, 6.45) is 4.05. The lowest BCUT2D eigenvalue weighted by atomic mass is 10.1. The van der Waals surface area contributed by atoms with Crippen LogP contribution in [0.15, 0.2) is 0 Å². The highest BCUT2D eigenvalue weighted by Crippen LogP contribution is 2.25. The molecule has 0 aromatic rings. The van der Waals surface area contributed by atoms with E-state index in [1.54, 1.807) is 4.90 Å². The molecule has 2 aliphatic heterocycles. The SMILES string of the molecule is C[C@@H](O)[C@H](N)C(=O)N[C@@H](CCCCN)C(=O)N1CCC[C@H]1C(=O)N1CCC[C@H]1C=O. The fourth-order valence-electron chi connectivity index (χ4n) is 4.12. The number of nitrogens with zero attached hydrogens (tertiary/aromatic N) is 2. The van der Waals surface area contributed by atoms with Crippen molar-refractivity contribution in [2.45, 2.75) is 82.1 Å². The fraction of sp³-hybridized carbons (Fsp3) is 0.800. The third kappa shape index (κ3) is 5.77. The average molecular weight is 426 g/mol. The normalized spacial score (nSPS) is 24.4. The Balaban J connectivity index is 2.12. The van der Waals surface area contributed by atoms with Gasteiger partial charge in [0.25, 0.3) is 0 Å². The van der Waals surface area contributed by atoms with Crippen LogP contribution >= 0.6 is 0 Å². The highest BCUT2D eigenvalue weighted by Gasteiger charge is 2.42. The van der Waals surface area contributed by atoms with Crippen LogP contribution in [-0.4, -0.2) is 88.8 Å². The van der Waals surface area contributed by atoms with Gasteiger partial charge in [-0.25, -0.2) is 0 Å². The van der Waals surface area contributed by atoms with Crippen LogP contribution in [0.1, 0.15) is 51.9 Å². The monoisotopic (exact) mass is 425 g/mol. The number of rotatable bonds is 10. The number of hydrogen-bond acceptors (Lipinski definition) is 7. The summed E-state index contributed by atoms with van der Waals surface area (Å²) in [5, 5.41) is 12.2. The molecule has 0 aromatic heterocycles. The molecule has 30 heavy (non-hydrogen) atoms. The molecule has 3 amide bonds. The van der Waals surface area contributed by atoms with Crippen LogP contribution in [0.3, 0.4) is 0 Å². The Bertz CT molecular complexity index is 629. The lowest BCUT2D eigenvalue weighted by Crippen LogP contribution is -2.57. The molecule has 6 N–H and O–H groups in total. The zero-order valence-electron chi connectivity index (χ0n) is 17.7. The van der Waals surface area contributed by atoms with E-state index in [9.17, 15) is 24.3 Å². The van der Waals surface area contributed by atoms with Gasteiger partial charge in [-0.15, -0.1) is 0 Å². The molecule has 0 aromatic carbocycles. The molecule has 2 heterocycles. The van der Waals surface area contributed by atoms with Crippen LogP contribution in [0.4, 0.5) is 0 Å². The van der Waals surface area contributed by atoms with Crippen molar-refractivity contribution in [2.24, 2.45) is 11.5 Å². The van der Waals surface area contributed by atoms with Gasteiger partial charge in [0.2, 0.25) is 17.7 Å². The first kappa shape index (κ1) is 24.2. The summed E-state index contributed by atoms with van der Waals surface area (Å²) >= 11 is 0. The molecule has 2 aliphatic rings.